The number of likely N-dealkylation sites (N-methyl/N-ethyl adjacent to an activating group) is 1. The van der Waals surface area contributed by atoms with Crippen molar-refractivity contribution in [1.29, 1.82) is 0 Å². The number of halogens is 4. The molecular weight excluding hydrogens is 465 g/mol. The summed E-state index contributed by atoms with van der Waals surface area (Å²) >= 11 is 12.2. The van der Waals surface area contributed by atoms with Gasteiger partial charge in [0.05, 0.1) is 12.0 Å². The molecule has 4 rings (SSSR count). The zero-order valence-electron chi connectivity index (χ0n) is 18.3. The third kappa shape index (κ3) is 5.21. The largest absolute Gasteiger partial charge is 0.348 e. The van der Waals surface area contributed by atoms with Crippen molar-refractivity contribution in [3.05, 3.63) is 105 Å². The quantitative estimate of drug-likeness (QED) is 0.414. The molecule has 1 fully saturated rings. The third-order valence-electron chi connectivity index (χ3n) is 6.10. The third-order valence-corrected chi connectivity index (χ3v) is 6.60. The van der Waals surface area contributed by atoms with Gasteiger partial charge in [0.1, 0.15) is 11.6 Å². The number of carbonyl (C=O) groups is 1. The number of likely N-dealkylation sites (tertiary alicyclic amines) is 1. The molecule has 33 heavy (non-hydrogen) atoms. The van der Waals surface area contributed by atoms with Crippen LogP contribution in [-0.4, -0.2) is 42.9 Å². The molecule has 3 aromatic rings. The summed E-state index contributed by atoms with van der Waals surface area (Å²) < 4.78 is 27.9. The van der Waals surface area contributed by atoms with E-state index in [1.54, 1.807) is 14.1 Å². The van der Waals surface area contributed by atoms with Crippen LogP contribution in [-0.2, 0) is 4.79 Å². The van der Waals surface area contributed by atoms with Crippen molar-refractivity contribution in [2.45, 2.75) is 12.0 Å². The summed E-state index contributed by atoms with van der Waals surface area (Å²) in [5, 5.41) is 1.31. The number of carbonyl (C=O) groups excluding carboxylic acids is 1. The Labute approximate surface area is 202 Å². The van der Waals surface area contributed by atoms with E-state index in [0.29, 0.717) is 28.7 Å². The second-order valence-electron chi connectivity index (χ2n) is 8.63. The number of benzene rings is 3. The summed E-state index contributed by atoms with van der Waals surface area (Å²) in [4.78, 5) is 16.8. The van der Waals surface area contributed by atoms with E-state index in [0.717, 1.165) is 17.2 Å². The Hall–Kier alpha value is -2.47. The van der Waals surface area contributed by atoms with E-state index < -0.39 is 17.6 Å². The lowest BCUT2D eigenvalue weighted by atomic mass is 9.78. The van der Waals surface area contributed by atoms with E-state index in [1.165, 1.54) is 17.0 Å². The zero-order valence-corrected chi connectivity index (χ0v) is 19.8. The summed E-state index contributed by atoms with van der Waals surface area (Å²) in [5.41, 5.74) is 2.49. The van der Waals surface area contributed by atoms with Gasteiger partial charge in [-0.1, -0.05) is 47.5 Å². The molecule has 0 radical (unpaired) electrons. The molecule has 0 unspecified atom stereocenters. The number of hydrogen-bond acceptors (Lipinski definition) is 2. The first kappa shape index (κ1) is 23.7. The summed E-state index contributed by atoms with van der Waals surface area (Å²) in [6.45, 7) is 1.19. The standard InChI is InChI=1S/C26H24Cl2F2N2O/c1-31(2)26(33)24(18-11-22(29)13-23(30)12-18)19-14-32(15-19)25(16-3-7-20(27)8-4-16)17-5-9-21(28)10-6-17/h3-13,19,24-25H,14-15H2,1-2H3/t24-/m1/s1. The summed E-state index contributed by atoms with van der Waals surface area (Å²) in [6.07, 6.45) is 0. The average Bonchev–Trinajstić information content (AvgIpc) is 2.73. The Morgan fingerprint density at radius 1 is 0.848 bits per heavy atom. The molecule has 1 saturated heterocycles. The second-order valence-corrected chi connectivity index (χ2v) is 9.51. The second kappa shape index (κ2) is 9.80. The molecule has 3 aromatic carbocycles. The Kier molecular flexibility index (Phi) is 7.03. The molecule has 1 atom stereocenters. The molecule has 1 aliphatic rings. The van der Waals surface area contributed by atoms with Crippen LogP contribution >= 0.6 is 23.2 Å². The van der Waals surface area contributed by atoms with Crippen LogP contribution in [0.2, 0.25) is 10.0 Å². The van der Waals surface area contributed by atoms with E-state index in [9.17, 15) is 13.6 Å². The number of hydrogen-bond donors (Lipinski definition) is 0. The topological polar surface area (TPSA) is 23.6 Å². The molecule has 7 heteroatoms. The predicted octanol–water partition coefficient (Wildman–Crippen LogP) is 6.16. The summed E-state index contributed by atoms with van der Waals surface area (Å²) in [7, 11) is 3.32. The minimum Gasteiger partial charge on any atom is -0.348 e. The first-order chi connectivity index (χ1) is 15.7. The minimum absolute atomic E-state index is 0.0601. The predicted molar refractivity (Wildman–Crippen MR) is 128 cm³/mol. The van der Waals surface area contributed by atoms with Crippen LogP contribution in [0.15, 0.2) is 66.7 Å². The number of rotatable bonds is 6. The van der Waals surface area contributed by atoms with Gasteiger partial charge in [-0.05, 0) is 53.1 Å². The monoisotopic (exact) mass is 488 g/mol. The van der Waals surface area contributed by atoms with Gasteiger partial charge in [0, 0.05) is 49.2 Å². The number of amides is 1. The van der Waals surface area contributed by atoms with Gasteiger partial charge in [0.2, 0.25) is 5.91 Å². The molecule has 0 aliphatic carbocycles. The molecule has 0 aromatic heterocycles. The summed E-state index contributed by atoms with van der Waals surface area (Å²) in [6, 6.07) is 18.6. The molecule has 0 spiro atoms. The van der Waals surface area contributed by atoms with Gasteiger partial charge in [-0.2, -0.15) is 0 Å². The van der Waals surface area contributed by atoms with Crippen LogP contribution in [0, 0.1) is 17.6 Å². The molecule has 1 heterocycles. The van der Waals surface area contributed by atoms with Crippen molar-refractivity contribution in [1.82, 2.24) is 9.80 Å². The molecule has 0 bridgehead atoms. The van der Waals surface area contributed by atoms with Crippen LogP contribution in [0.25, 0.3) is 0 Å². The Morgan fingerprint density at radius 3 is 1.73 bits per heavy atom. The maximum absolute atomic E-state index is 14.0. The Bertz CT molecular complexity index is 1060. The molecule has 172 valence electrons. The maximum atomic E-state index is 14.0. The highest BCUT2D eigenvalue weighted by Gasteiger charge is 2.42. The Balaban J connectivity index is 1.64. The van der Waals surface area contributed by atoms with Gasteiger partial charge in [0.25, 0.3) is 0 Å². The van der Waals surface area contributed by atoms with Gasteiger partial charge >= 0.3 is 0 Å². The fourth-order valence-electron chi connectivity index (χ4n) is 4.52. The van der Waals surface area contributed by atoms with E-state index in [-0.39, 0.29) is 17.9 Å². The van der Waals surface area contributed by atoms with Gasteiger partial charge in [-0.25, -0.2) is 8.78 Å². The zero-order chi connectivity index (χ0) is 23.7. The van der Waals surface area contributed by atoms with Gasteiger partial charge < -0.3 is 4.90 Å². The lowest BCUT2D eigenvalue weighted by molar-refractivity contribution is -0.133. The molecular formula is C26H24Cl2F2N2O. The average molecular weight is 489 g/mol. The molecule has 1 amide bonds. The summed E-state index contributed by atoms with van der Waals surface area (Å²) in [5.74, 6) is -2.24. The normalized spacial score (nSPS) is 15.4. The molecule has 0 saturated carbocycles. The van der Waals surface area contributed by atoms with Crippen molar-refractivity contribution in [2.75, 3.05) is 27.2 Å². The smallest absolute Gasteiger partial charge is 0.229 e. The molecule has 3 nitrogen and oxygen atoms in total. The van der Waals surface area contributed by atoms with Crippen molar-refractivity contribution in [3.63, 3.8) is 0 Å². The van der Waals surface area contributed by atoms with Crippen molar-refractivity contribution < 1.29 is 13.6 Å². The Morgan fingerprint density at radius 2 is 1.30 bits per heavy atom. The highest BCUT2D eigenvalue weighted by atomic mass is 35.5. The van der Waals surface area contributed by atoms with Crippen molar-refractivity contribution >= 4 is 29.1 Å². The van der Waals surface area contributed by atoms with Gasteiger partial charge in [0.15, 0.2) is 0 Å². The van der Waals surface area contributed by atoms with Crippen molar-refractivity contribution in [2.24, 2.45) is 5.92 Å². The SMILES string of the molecule is CN(C)C(=O)[C@H](c1cc(F)cc(F)c1)C1CN(C(c2ccc(Cl)cc2)c2ccc(Cl)cc2)C1. The fraction of sp³-hybridized carbons (Fsp3) is 0.269. The molecule has 1 aliphatic heterocycles. The highest BCUT2D eigenvalue weighted by Crippen LogP contribution is 2.41. The van der Waals surface area contributed by atoms with E-state index in [4.69, 9.17) is 23.2 Å². The van der Waals surface area contributed by atoms with Crippen LogP contribution in [0.5, 0.6) is 0 Å². The van der Waals surface area contributed by atoms with E-state index in [1.807, 2.05) is 48.5 Å². The van der Waals surface area contributed by atoms with Gasteiger partial charge in [-0.3, -0.25) is 9.69 Å². The lowest BCUT2D eigenvalue weighted by Gasteiger charge is -2.48. The number of nitrogens with zero attached hydrogens (tertiary/aromatic N) is 2. The minimum atomic E-state index is -0.682. The van der Waals surface area contributed by atoms with E-state index in [2.05, 4.69) is 4.90 Å². The molecule has 0 N–H and O–H groups in total. The maximum Gasteiger partial charge on any atom is 0.229 e. The van der Waals surface area contributed by atoms with Crippen molar-refractivity contribution in [3.8, 4) is 0 Å². The van der Waals surface area contributed by atoms with Crippen LogP contribution < -0.4 is 0 Å². The highest BCUT2D eigenvalue weighted by molar-refractivity contribution is 6.30. The van der Waals surface area contributed by atoms with Crippen LogP contribution in [0.3, 0.4) is 0 Å². The first-order valence-electron chi connectivity index (χ1n) is 10.6. The fourth-order valence-corrected chi connectivity index (χ4v) is 4.78. The van der Waals surface area contributed by atoms with Gasteiger partial charge in [-0.15, -0.1) is 0 Å². The van der Waals surface area contributed by atoms with E-state index >= 15 is 0 Å². The first-order valence-corrected chi connectivity index (χ1v) is 11.4. The van der Waals surface area contributed by atoms with Crippen LogP contribution in [0.1, 0.15) is 28.7 Å². The van der Waals surface area contributed by atoms with Crippen LogP contribution in [0.4, 0.5) is 8.78 Å². The lowest BCUT2D eigenvalue weighted by Crippen LogP contribution is -2.53.